The fourth-order valence-corrected chi connectivity index (χ4v) is 3.16. The normalized spacial score (nSPS) is 20.7. The number of carbonyl (C=O) groups excluding carboxylic acids is 1. The van der Waals surface area contributed by atoms with Crippen LogP contribution in [0.5, 0.6) is 0 Å². The Balaban J connectivity index is 1.59. The fraction of sp³-hybridized carbons (Fsp3) is 0.588. The minimum Gasteiger partial charge on any atom is -0.384 e. The number of piperidine rings is 1. The lowest BCUT2D eigenvalue weighted by molar-refractivity contribution is 0.0891. The van der Waals surface area contributed by atoms with Gasteiger partial charge in [0, 0.05) is 24.3 Å². The van der Waals surface area contributed by atoms with Gasteiger partial charge in [-0.3, -0.25) is 4.79 Å². The number of nitrogens with one attached hydrogen (secondary N) is 2. The summed E-state index contributed by atoms with van der Waals surface area (Å²) in [6.45, 7) is 6.27. The van der Waals surface area contributed by atoms with Crippen LogP contribution in [0.15, 0.2) is 18.2 Å². The summed E-state index contributed by atoms with van der Waals surface area (Å²) in [5.41, 5.74) is 3.43. The molecule has 0 saturated carbocycles. The minimum absolute atomic E-state index is 0.0478. The molecule has 2 aliphatic heterocycles. The molecule has 0 aliphatic carbocycles. The van der Waals surface area contributed by atoms with Crippen molar-refractivity contribution >= 4 is 11.6 Å². The average molecular weight is 287 g/mol. The predicted molar refractivity (Wildman–Crippen MR) is 85.8 cm³/mol. The molecule has 2 aliphatic rings. The van der Waals surface area contributed by atoms with Crippen LogP contribution in [-0.4, -0.2) is 44.0 Å². The van der Waals surface area contributed by atoms with Gasteiger partial charge in [-0.15, -0.1) is 0 Å². The summed E-state index contributed by atoms with van der Waals surface area (Å²) in [4.78, 5) is 14.7. The lowest BCUT2D eigenvalue weighted by Crippen LogP contribution is -2.43. The molecule has 0 bridgehead atoms. The van der Waals surface area contributed by atoms with E-state index in [9.17, 15) is 4.79 Å². The van der Waals surface area contributed by atoms with Crippen molar-refractivity contribution in [3.8, 4) is 0 Å². The van der Waals surface area contributed by atoms with E-state index in [1.165, 1.54) is 5.56 Å². The van der Waals surface area contributed by atoms with Crippen molar-refractivity contribution < 1.29 is 4.79 Å². The van der Waals surface area contributed by atoms with Crippen molar-refractivity contribution in [2.75, 3.05) is 38.5 Å². The average Bonchev–Trinajstić information content (AvgIpc) is 2.96. The molecule has 0 unspecified atom stereocenters. The van der Waals surface area contributed by atoms with Gasteiger partial charge in [-0.2, -0.15) is 0 Å². The van der Waals surface area contributed by atoms with Gasteiger partial charge in [-0.05, 0) is 62.5 Å². The fourth-order valence-electron chi connectivity index (χ4n) is 3.16. The van der Waals surface area contributed by atoms with Crippen molar-refractivity contribution in [1.29, 1.82) is 0 Å². The molecule has 3 rings (SSSR count). The third-order valence-electron chi connectivity index (χ3n) is 4.95. The lowest BCUT2D eigenvalue weighted by atomic mass is 9.80. The van der Waals surface area contributed by atoms with Crippen LogP contribution < -0.4 is 10.6 Å². The number of hydrogen-bond acceptors (Lipinski definition) is 3. The van der Waals surface area contributed by atoms with Crippen molar-refractivity contribution in [3.05, 3.63) is 29.3 Å². The maximum atomic E-state index is 12.3. The quantitative estimate of drug-likeness (QED) is 0.895. The third-order valence-corrected chi connectivity index (χ3v) is 4.95. The molecule has 1 aromatic carbocycles. The van der Waals surface area contributed by atoms with Crippen molar-refractivity contribution in [3.63, 3.8) is 0 Å². The van der Waals surface area contributed by atoms with Gasteiger partial charge in [0.2, 0.25) is 0 Å². The van der Waals surface area contributed by atoms with E-state index in [-0.39, 0.29) is 11.3 Å². The van der Waals surface area contributed by atoms with Crippen LogP contribution in [0, 0.1) is 5.41 Å². The highest BCUT2D eigenvalue weighted by Gasteiger charge is 2.29. The Hall–Kier alpha value is -1.55. The van der Waals surface area contributed by atoms with Crippen LogP contribution in [0.3, 0.4) is 0 Å². The highest BCUT2D eigenvalue weighted by molar-refractivity contribution is 5.95. The summed E-state index contributed by atoms with van der Waals surface area (Å²) in [5.74, 6) is 0.0478. The van der Waals surface area contributed by atoms with Crippen molar-refractivity contribution in [1.82, 2.24) is 10.2 Å². The summed E-state index contributed by atoms with van der Waals surface area (Å²) < 4.78 is 0. The molecule has 1 amide bonds. The van der Waals surface area contributed by atoms with Gasteiger partial charge in [0.25, 0.3) is 5.91 Å². The standard InChI is InChI=1S/C17H25N3O/c1-17(6-9-20(2)10-7-17)12-19-16(21)14-4-3-13-5-8-18-15(13)11-14/h3-4,11,18H,5-10,12H2,1-2H3,(H,19,21). The number of anilines is 1. The zero-order chi connectivity index (χ0) is 14.9. The van der Waals surface area contributed by atoms with Crippen LogP contribution >= 0.6 is 0 Å². The Kier molecular flexibility index (Phi) is 3.89. The topological polar surface area (TPSA) is 44.4 Å². The molecule has 1 aromatic rings. The first-order valence-electron chi connectivity index (χ1n) is 7.89. The molecule has 0 aromatic heterocycles. The maximum absolute atomic E-state index is 12.3. The van der Waals surface area contributed by atoms with E-state index in [1.54, 1.807) is 0 Å². The van der Waals surface area contributed by atoms with Gasteiger partial charge in [0.05, 0.1) is 0 Å². The smallest absolute Gasteiger partial charge is 0.251 e. The summed E-state index contributed by atoms with van der Waals surface area (Å²) in [5, 5.41) is 6.46. The predicted octanol–water partition coefficient (Wildman–Crippen LogP) is 2.12. The Morgan fingerprint density at radius 3 is 2.90 bits per heavy atom. The molecule has 1 saturated heterocycles. The van der Waals surface area contributed by atoms with Crippen LogP contribution in [0.25, 0.3) is 0 Å². The Morgan fingerprint density at radius 2 is 2.14 bits per heavy atom. The molecule has 114 valence electrons. The first-order valence-corrected chi connectivity index (χ1v) is 7.89. The number of nitrogens with zero attached hydrogens (tertiary/aromatic N) is 1. The number of carbonyl (C=O) groups is 1. The molecule has 1 fully saturated rings. The molecule has 4 nitrogen and oxygen atoms in total. The lowest BCUT2D eigenvalue weighted by Gasteiger charge is -2.37. The second-order valence-electron chi connectivity index (χ2n) is 6.85. The summed E-state index contributed by atoms with van der Waals surface area (Å²) in [6, 6.07) is 5.99. The van der Waals surface area contributed by atoms with Crippen LogP contribution in [0.4, 0.5) is 5.69 Å². The molecular weight excluding hydrogens is 262 g/mol. The van der Waals surface area contributed by atoms with Gasteiger partial charge in [-0.25, -0.2) is 0 Å². The SMILES string of the molecule is CN1CCC(C)(CNC(=O)c2ccc3c(c2)NCC3)CC1. The minimum atomic E-state index is 0.0478. The van der Waals surface area contributed by atoms with Crippen LogP contribution in [0.2, 0.25) is 0 Å². The van der Waals surface area contributed by atoms with E-state index in [0.29, 0.717) is 0 Å². The first kappa shape index (κ1) is 14.4. The number of fused-ring (bicyclic) bond motifs is 1. The molecule has 2 N–H and O–H groups in total. The zero-order valence-electron chi connectivity index (χ0n) is 13.0. The molecule has 0 spiro atoms. The van der Waals surface area contributed by atoms with E-state index < -0.39 is 0 Å². The number of benzene rings is 1. The third kappa shape index (κ3) is 3.21. The van der Waals surface area contributed by atoms with Crippen LogP contribution in [0.1, 0.15) is 35.7 Å². The highest BCUT2D eigenvalue weighted by Crippen LogP contribution is 2.29. The van der Waals surface area contributed by atoms with E-state index in [2.05, 4.69) is 35.6 Å². The van der Waals surface area contributed by atoms with Crippen LogP contribution in [-0.2, 0) is 6.42 Å². The van der Waals surface area contributed by atoms with Gasteiger partial charge in [0.1, 0.15) is 0 Å². The molecule has 0 atom stereocenters. The molecule has 21 heavy (non-hydrogen) atoms. The summed E-state index contributed by atoms with van der Waals surface area (Å²) >= 11 is 0. The van der Waals surface area contributed by atoms with Gasteiger partial charge >= 0.3 is 0 Å². The monoisotopic (exact) mass is 287 g/mol. The van der Waals surface area contributed by atoms with Gasteiger partial charge < -0.3 is 15.5 Å². The maximum Gasteiger partial charge on any atom is 0.251 e. The highest BCUT2D eigenvalue weighted by atomic mass is 16.1. The second kappa shape index (κ2) is 5.68. The Bertz CT molecular complexity index is 533. The van der Waals surface area contributed by atoms with Gasteiger partial charge in [0.15, 0.2) is 0 Å². The number of rotatable bonds is 3. The summed E-state index contributed by atoms with van der Waals surface area (Å²) in [7, 11) is 2.16. The number of amides is 1. The van der Waals surface area contributed by atoms with Gasteiger partial charge in [-0.1, -0.05) is 13.0 Å². The molecule has 0 radical (unpaired) electrons. The van der Waals surface area contributed by atoms with Crippen molar-refractivity contribution in [2.45, 2.75) is 26.2 Å². The van der Waals surface area contributed by atoms with E-state index in [0.717, 1.165) is 56.7 Å². The Labute approximate surface area is 126 Å². The van der Waals surface area contributed by atoms with E-state index >= 15 is 0 Å². The summed E-state index contributed by atoms with van der Waals surface area (Å²) in [6.07, 6.45) is 3.36. The number of likely N-dealkylation sites (tertiary alicyclic amines) is 1. The second-order valence-corrected chi connectivity index (χ2v) is 6.85. The first-order chi connectivity index (χ1) is 10.1. The zero-order valence-corrected chi connectivity index (χ0v) is 13.0. The largest absolute Gasteiger partial charge is 0.384 e. The van der Waals surface area contributed by atoms with E-state index in [4.69, 9.17) is 0 Å². The molecular formula is C17H25N3O. The van der Waals surface area contributed by atoms with Crippen molar-refractivity contribution in [2.24, 2.45) is 5.41 Å². The van der Waals surface area contributed by atoms with E-state index in [1.807, 2.05) is 12.1 Å². The number of hydrogen-bond donors (Lipinski definition) is 2. The molecule has 4 heteroatoms. The molecule has 2 heterocycles. The Morgan fingerprint density at radius 1 is 1.38 bits per heavy atom.